The Kier molecular flexibility index (Phi) is 5.41. The lowest BCUT2D eigenvalue weighted by Crippen LogP contribution is -2.32. The molecule has 0 aliphatic rings. The maximum atomic E-state index is 12.9. The SMILES string of the molecule is COc1ccc(N[C@@H](C)C(=O)Nc2ccc(F)cc2)c(OC)c1. The van der Waals surface area contributed by atoms with Crippen molar-refractivity contribution >= 4 is 17.3 Å². The molecule has 2 rings (SSSR count). The van der Waals surface area contributed by atoms with Gasteiger partial charge in [-0.1, -0.05) is 0 Å². The van der Waals surface area contributed by atoms with Crippen molar-refractivity contribution in [2.45, 2.75) is 13.0 Å². The topological polar surface area (TPSA) is 59.6 Å². The first-order valence-corrected chi connectivity index (χ1v) is 7.08. The summed E-state index contributed by atoms with van der Waals surface area (Å²) >= 11 is 0. The summed E-state index contributed by atoms with van der Waals surface area (Å²) in [6, 6.07) is 10.4. The Morgan fingerprint density at radius 1 is 1.09 bits per heavy atom. The van der Waals surface area contributed by atoms with Crippen LogP contribution < -0.4 is 20.1 Å². The van der Waals surface area contributed by atoms with Crippen molar-refractivity contribution in [1.29, 1.82) is 0 Å². The third-order valence-corrected chi connectivity index (χ3v) is 3.29. The number of hydrogen-bond acceptors (Lipinski definition) is 4. The highest BCUT2D eigenvalue weighted by Gasteiger charge is 2.15. The molecule has 0 aliphatic carbocycles. The molecule has 1 atom stereocenters. The zero-order valence-electron chi connectivity index (χ0n) is 13.2. The fourth-order valence-electron chi connectivity index (χ4n) is 2.00. The number of benzene rings is 2. The van der Waals surface area contributed by atoms with Crippen molar-refractivity contribution in [2.75, 3.05) is 24.9 Å². The van der Waals surface area contributed by atoms with Crippen LogP contribution in [-0.4, -0.2) is 26.2 Å². The predicted molar refractivity (Wildman–Crippen MR) is 87.7 cm³/mol. The van der Waals surface area contributed by atoms with Crippen molar-refractivity contribution in [3.8, 4) is 11.5 Å². The average Bonchev–Trinajstić information content (AvgIpc) is 2.57. The minimum atomic E-state index is -0.512. The maximum absolute atomic E-state index is 12.9. The van der Waals surface area contributed by atoms with Crippen LogP contribution in [0.3, 0.4) is 0 Å². The Morgan fingerprint density at radius 2 is 1.78 bits per heavy atom. The summed E-state index contributed by atoms with van der Waals surface area (Å²) in [6.07, 6.45) is 0. The minimum absolute atomic E-state index is 0.241. The van der Waals surface area contributed by atoms with E-state index in [1.54, 1.807) is 39.3 Å². The highest BCUT2D eigenvalue weighted by atomic mass is 19.1. The van der Waals surface area contributed by atoms with Crippen LogP contribution >= 0.6 is 0 Å². The van der Waals surface area contributed by atoms with E-state index in [1.165, 1.54) is 24.3 Å². The van der Waals surface area contributed by atoms with Gasteiger partial charge in [0.1, 0.15) is 23.4 Å². The van der Waals surface area contributed by atoms with E-state index in [9.17, 15) is 9.18 Å². The van der Waals surface area contributed by atoms with Crippen LogP contribution in [0.5, 0.6) is 11.5 Å². The van der Waals surface area contributed by atoms with E-state index in [0.29, 0.717) is 22.9 Å². The fourth-order valence-corrected chi connectivity index (χ4v) is 2.00. The van der Waals surface area contributed by atoms with Crippen LogP contribution in [0.25, 0.3) is 0 Å². The van der Waals surface area contributed by atoms with Gasteiger partial charge in [0.15, 0.2) is 0 Å². The monoisotopic (exact) mass is 318 g/mol. The van der Waals surface area contributed by atoms with E-state index in [4.69, 9.17) is 9.47 Å². The summed E-state index contributed by atoms with van der Waals surface area (Å²) in [5.74, 6) is 0.646. The number of nitrogens with one attached hydrogen (secondary N) is 2. The quantitative estimate of drug-likeness (QED) is 0.858. The number of anilines is 2. The predicted octanol–water partition coefficient (Wildman–Crippen LogP) is 3.28. The lowest BCUT2D eigenvalue weighted by atomic mass is 10.2. The lowest BCUT2D eigenvalue weighted by molar-refractivity contribution is -0.116. The molecule has 2 aromatic rings. The number of carbonyl (C=O) groups is 1. The van der Waals surface area contributed by atoms with Gasteiger partial charge in [-0.05, 0) is 43.3 Å². The molecule has 0 radical (unpaired) electrons. The summed E-state index contributed by atoms with van der Waals surface area (Å²) in [6.45, 7) is 1.72. The van der Waals surface area contributed by atoms with E-state index in [0.717, 1.165) is 0 Å². The maximum Gasteiger partial charge on any atom is 0.246 e. The van der Waals surface area contributed by atoms with Crippen molar-refractivity contribution in [2.24, 2.45) is 0 Å². The molecule has 122 valence electrons. The molecule has 0 saturated carbocycles. The molecule has 6 heteroatoms. The van der Waals surface area contributed by atoms with Gasteiger partial charge in [0.2, 0.25) is 5.91 Å². The number of carbonyl (C=O) groups excluding carboxylic acids is 1. The van der Waals surface area contributed by atoms with Crippen LogP contribution in [0.1, 0.15) is 6.92 Å². The molecule has 2 aromatic carbocycles. The van der Waals surface area contributed by atoms with E-state index in [1.807, 2.05) is 0 Å². The van der Waals surface area contributed by atoms with Gasteiger partial charge in [0.05, 0.1) is 19.9 Å². The second-order valence-corrected chi connectivity index (χ2v) is 4.93. The Morgan fingerprint density at radius 3 is 2.39 bits per heavy atom. The Balaban J connectivity index is 2.04. The van der Waals surface area contributed by atoms with Gasteiger partial charge in [-0.15, -0.1) is 0 Å². The summed E-state index contributed by atoms with van der Waals surface area (Å²) in [4.78, 5) is 12.2. The van der Waals surface area contributed by atoms with Crippen LogP contribution in [0.15, 0.2) is 42.5 Å². The molecular formula is C17H19FN2O3. The number of halogens is 1. The largest absolute Gasteiger partial charge is 0.497 e. The summed E-state index contributed by atoms with van der Waals surface area (Å²) in [5.41, 5.74) is 1.21. The first-order valence-electron chi connectivity index (χ1n) is 7.08. The van der Waals surface area contributed by atoms with E-state index in [2.05, 4.69) is 10.6 Å². The molecule has 0 bridgehead atoms. The molecule has 0 aromatic heterocycles. The summed E-state index contributed by atoms with van der Waals surface area (Å²) in [7, 11) is 3.11. The van der Waals surface area contributed by atoms with Crippen LogP contribution in [0.2, 0.25) is 0 Å². The van der Waals surface area contributed by atoms with E-state index < -0.39 is 6.04 Å². The Labute approximate surface area is 134 Å². The molecule has 5 nitrogen and oxygen atoms in total. The minimum Gasteiger partial charge on any atom is -0.497 e. The molecule has 0 unspecified atom stereocenters. The molecule has 0 spiro atoms. The number of methoxy groups -OCH3 is 2. The van der Waals surface area contributed by atoms with Crippen LogP contribution in [0, 0.1) is 5.82 Å². The van der Waals surface area contributed by atoms with Gasteiger partial charge in [0.25, 0.3) is 0 Å². The number of amides is 1. The zero-order chi connectivity index (χ0) is 16.8. The normalized spacial score (nSPS) is 11.5. The first kappa shape index (κ1) is 16.6. The van der Waals surface area contributed by atoms with Gasteiger partial charge in [-0.3, -0.25) is 4.79 Å². The molecule has 23 heavy (non-hydrogen) atoms. The molecule has 0 heterocycles. The standard InChI is InChI=1S/C17H19FN2O3/c1-11(17(21)20-13-6-4-12(18)5-7-13)19-15-9-8-14(22-2)10-16(15)23-3/h4-11,19H,1-3H3,(H,20,21)/t11-/m0/s1. The van der Waals surface area contributed by atoms with E-state index >= 15 is 0 Å². The molecular weight excluding hydrogens is 299 g/mol. The average molecular weight is 318 g/mol. The van der Waals surface area contributed by atoms with Crippen LogP contribution in [0.4, 0.5) is 15.8 Å². The van der Waals surface area contributed by atoms with Gasteiger partial charge < -0.3 is 20.1 Å². The molecule has 0 fully saturated rings. The van der Waals surface area contributed by atoms with Crippen molar-refractivity contribution in [3.63, 3.8) is 0 Å². The van der Waals surface area contributed by atoms with Crippen molar-refractivity contribution in [3.05, 3.63) is 48.3 Å². The Bertz CT molecular complexity index is 674. The highest BCUT2D eigenvalue weighted by molar-refractivity contribution is 5.96. The van der Waals surface area contributed by atoms with Gasteiger partial charge >= 0.3 is 0 Å². The second kappa shape index (κ2) is 7.49. The molecule has 0 aliphatic heterocycles. The molecule has 1 amide bonds. The van der Waals surface area contributed by atoms with Crippen molar-refractivity contribution < 1.29 is 18.7 Å². The number of ether oxygens (including phenoxy) is 2. The fraction of sp³-hybridized carbons (Fsp3) is 0.235. The van der Waals surface area contributed by atoms with Gasteiger partial charge in [-0.2, -0.15) is 0 Å². The van der Waals surface area contributed by atoms with Gasteiger partial charge in [0, 0.05) is 11.8 Å². The summed E-state index contributed by atoms with van der Waals surface area (Å²) in [5, 5.41) is 5.79. The smallest absolute Gasteiger partial charge is 0.246 e. The lowest BCUT2D eigenvalue weighted by Gasteiger charge is -2.18. The Hall–Kier alpha value is -2.76. The van der Waals surface area contributed by atoms with Gasteiger partial charge in [-0.25, -0.2) is 4.39 Å². The highest BCUT2D eigenvalue weighted by Crippen LogP contribution is 2.29. The van der Waals surface area contributed by atoms with Crippen molar-refractivity contribution in [1.82, 2.24) is 0 Å². The molecule has 0 saturated heterocycles. The second-order valence-electron chi connectivity index (χ2n) is 4.93. The van der Waals surface area contributed by atoms with E-state index in [-0.39, 0.29) is 11.7 Å². The number of rotatable bonds is 6. The van der Waals surface area contributed by atoms with Crippen LogP contribution in [-0.2, 0) is 4.79 Å². The number of hydrogen-bond donors (Lipinski definition) is 2. The molecule has 2 N–H and O–H groups in total. The first-order chi connectivity index (χ1) is 11.0. The third-order valence-electron chi connectivity index (χ3n) is 3.29. The zero-order valence-corrected chi connectivity index (χ0v) is 13.2. The summed E-state index contributed by atoms with van der Waals surface area (Å²) < 4.78 is 23.3. The third kappa shape index (κ3) is 4.35.